The first kappa shape index (κ1) is 105. The van der Waals surface area contributed by atoms with E-state index in [1.54, 1.807) is 111 Å². The number of fused-ring (bicyclic) bond motifs is 2. The molecule has 0 saturated carbocycles. The number of nitro benzene ring substituents is 2. The van der Waals surface area contributed by atoms with Crippen LogP contribution in [-0.4, -0.2) is 123 Å². The van der Waals surface area contributed by atoms with Gasteiger partial charge in [0, 0.05) is 138 Å². The van der Waals surface area contributed by atoms with Crippen molar-refractivity contribution in [3.05, 3.63) is 329 Å². The van der Waals surface area contributed by atoms with E-state index in [1.165, 1.54) is 83.1 Å². The third kappa shape index (κ3) is 34.4. The normalized spacial score (nSPS) is 11.3. The molecule has 8 aromatic carbocycles. The number of hydrogen-bond acceptors (Lipinski definition) is 39. The maximum Gasteiger partial charge on any atom is 0.387 e. The molecule has 0 saturated heterocycles. The molecular weight excluding hydrogens is 1840 g/mol. The summed E-state index contributed by atoms with van der Waals surface area (Å²) in [5.74, 6) is 8.90. The minimum absolute atomic E-state index is 0. The molecule has 0 aliphatic carbocycles. The van der Waals surface area contributed by atoms with E-state index in [2.05, 4.69) is 201 Å². The molecule has 1 atom stereocenters. The van der Waals surface area contributed by atoms with Gasteiger partial charge in [-0.15, -0.1) is 37.2 Å². The van der Waals surface area contributed by atoms with Crippen LogP contribution in [0.25, 0.3) is 0 Å². The highest BCUT2D eigenvalue weighted by Gasteiger charge is 2.28. The number of anilines is 24. The Morgan fingerprint density at radius 1 is 0.391 bits per heavy atom. The Labute approximate surface area is 809 Å². The first-order valence-electron chi connectivity index (χ1n) is 41.4. The van der Waals surface area contributed by atoms with Crippen molar-refractivity contribution in [2.24, 2.45) is 0 Å². The van der Waals surface area contributed by atoms with Gasteiger partial charge in [-0.2, -0.15) is 48.7 Å². The summed E-state index contributed by atoms with van der Waals surface area (Å²) >= 11 is 0. The number of nitrogens with two attached hydrogens (primary N) is 8. The number of rotatable bonds is 22. The highest BCUT2D eigenvalue weighted by atomic mass is 35.5. The Kier molecular flexibility index (Phi) is 41.4. The number of alkyl halides is 2. The van der Waals surface area contributed by atoms with Gasteiger partial charge in [-0.1, -0.05) is 67.6 Å². The number of nitrogens with one attached hydrogen (secondary N) is 6. The molecule has 0 fully saturated rings. The number of nitro groups is 2. The number of non-ortho nitro benzene ring substituents is 2. The summed E-state index contributed by atoms with van der Waals surface area (Å²) < 4.78 is 38.6. The molecule has 10 heterocycles. The number of para-hydroxylation sites is 2. The molecule has 0 radical (unpaired) electrons. The lowest BCUT2D eigenvalue weighted by Crippen LogP contribution is -2.25. The molecule has 1 unspecified atom stereocenters. The second kappa shape index (κ2) is 54.2. The van der Waals surface area contributed by atoms with Crippen molar-refractivity contribution in [3.63, 3.8) is 0 Å². The summed E-state index contributed by atoms with van der Waals surface area (Å²) in [6.45, 7) is 5.09. The van der Waals surface area contributed by atoms with Gasteiger partial charge in [-0.3, -0.25) is 20.2 Å². The largest absolute Gasteiger partial charge is 0.497 e. The van der Waals surface area contributed by atoms with Gasteiger partial charge in [0.15, 0.2) is 0 Å². The fraction of sp³-hybridized carbons (Fsp3) is 0.130. The second-order valence-electron chi connectivity index (χ2n) is 28.3. The van der Waals surface area contributed by atoms with Crippen LogP contribution >= 0.6 is 37.2 Å². The van der Waals surface area contributed by atoms with E-state index in [1.807, 2.05) is 79.7 Å². The molecular formula is C92H99Cl3F2N34O7. The van der Waals surface area contributed by atoms with Crippen molar-refractivity contribution in [2.75, 3.05) is 108 Å². The van der Waals surface area contributed by atoms with Crippen molar-refractivity contribution in [1.82, 2.24) is 79.7 Å². The molecule has 46 heteroatoms. The zero-order valence-corrected chi connectivity index (χ0v) is 77.0. The van der Waals surface area contributed by atoms with Gasteiger partial charge in [0.05, 0.1) is 23.6 Å². The summed E-state index contributed by atoms with van der Waals surface area (Å²) in [6, 6.07) is 72.8. The third-order valence-corrected chi connectivity index (χ3v) is 18.7. The van der Waals surface area contributed by atoms with Crippen LogP contribution in [0.3, 0.4) is 0 Å². The Morgan fingerprint density at radius 2 is 0.754 bits per heavy atom. The van der Waals surface area contributed by atoms with E-state index in [9.17, 15) is 29.0 Å². The van der Waals surface area contributed by atoms with Crippen LogP contribution in [0.4, 0.5) is 160 Å². The average molecular weight is 1940 g/mol. The first-order chi connectivity index (χ1) is 65.3. The molecule has 2 aliphatic heterocycles. The average Bonchev–Trinajstić information content (AvgIpc) is 1.61. The minimum Gasteiger partial charge on any atom is -0.497 e. The number of halogens is 5. The van der Waals surface area contributed by atoms with Gasteiger partial charge >= 0.3 is 6.61 Å². The van der Waals surface area contributed by atoms with Crippen LogP contribution in [0.5, 0.6) is 17.2 Å². The number of methoxy groups -OCH3 is 1. The Hall–Kier alpha value is -17.9. The predicted molar refractivity (Wildman–Crippen MR) is 542 cm³/mol. The van der Waals surface area contributed by atoms with E-state index < -0.39 is 16.5 Å². The lowest BCUT2D eigenvalue weighted by molar-refractivity contribution is -0.385. The number of ether oxygens (including phenoxy) is 3. The predicted octanol–water partition coefficient (Wildman–Crippen LogP) is 17.8. The topological polar surface area (TPSA) is 607 Å². The SMILES string of the molecule is CC1Cc2ccccc2N1c1ccnc(N)n1.CCOc1ccc(Nc2ccnc(N)n2)cc1.CCc1ccc(Nc2ccnc(N)n2)cc1.COc1cccc(Nc2ccnc(N)n2)c1.Cl.Cl.Cl.Nc1nccc(N2CCCc3ccccc32)n1.Nc1nccc(Nc2ccc(OC(F)F)cc2)n1.Nc1nccc(Nc2ccc([N+](=O)[O-])cc2)n1.Nc1nccc(Nc2cccc([N+](=O)[O-])c2)n1. The van der Waals surface area contributed by atoms with Crippen LogP contribution in [0.15, 0.2) is 292 Å². The summed E-state index contributed by atoms with van der Waals surface area (Å²) in [4.78, 5) is 87.7. The van der Waals surface area contributed by atoms with Crippen LogP contribution in [0.1, 0.15) is 43.9 Å². The third-order valence-electron chi connectivity index (χ3n) is 18.7. The zero-order chi connectivity index (χ0) is 95.8. The molecule has 18 rings (SSSR count). The fourth-order valence-electron chi connectivity index (χ4n) is 12.7. The molecule has 16 aromatic rings. The van der Waals surface area contributed by atoms with E-state index >= 15 is 0 Å². The van der Waals surface area contributed by atoms with Crippen molar-refractivity contribution in [1.29, 1.82) is 0 Å². The highest BCUT2D eigenvalue weighted by molar-refractivity contribution is 5.86. The van der Waals surface area contributed by atoms with E-state index in [4.69, 9.17) is 55.3 Å². The Bertz CT molecular complexity index is 6500. The van der Waals surface area contributed by atoms with Crippen LogP contribution < -0.4 is 102 Å². The van der Waals surface area contributed by atoms with Crippen molar-refractivity contribution < 1.29 is 32.8 Å². The molecule has 2 aliphatic rings. The van der Waals surface area contributed by atoms with Gasteiger partial charge in [0.2, 0.25) is 47.6 Å². The van der Waals surface area contributed by atoms with Gasteiger partial charge in [-0.25, -0.2) is 39.9 Å². The lowest BCUT2D eigenvalue weighted by atomic mass is 10.0. The van der Waals surface area contributed by atoms with E-state index in [0.717, 1.165) is 72.4 Å². The van der Waals surface area contributed by atoms with E-state index in [-0.39, 0.29) is 90.0 Å². The van der Waals surface area contributed by atoms with E-state index in [0.29, 0.717) is 76.5 Å². The first-order valence-corrected chi connectivity index (χ1v) is 41.4. The van der Waals surface area contributed by atoms with Gasteiger partial charge in [0.25, 0.3) is 11.4 Å². The number of hydrogen-bond donors (Lipinski definition) is 14. The van der Waals surface area contributed by atoms with Crippen molar-refractivity contribution in [3.8, 4) is 17.2 Å². The number of nitrogen functional groups attached to an aromatic ring is 8. The number of aromatic nitrogens is 16. The quantitative estimate of drug-likeness (QED) is 0.0221. The second-order valence-corrected chi connectivity index (χ2v) is 28.3. The van der Waals surface area contributed by atoms with Crippen LogP contribution in [-0.2, 0) is 19.3 Å². The van der Waals surface area contributed by atoms with Crippen LogP contribution in [0.2, 0.25) is 0 Å². The summed E-state index contributed by atoms with van der Waals surface area (Å²) in [6.07, 6.45) is 17.1. The minimum atomic E-state index is -2.83. The van der Waals surface area contributed by atoms with Gasteiger partial charge in [0.1, 0.15) is 63.8 Å². The molecule has 8 aromatic heterocycles. The smallest absolute Gasteiger partial charge is 0.387 e. The monoisotopic (exact) mass is 1930 g/mol. The van der Waals surface area contributed by atoms with Crippen molar-refractivity contribution >= 4 is 188 Å². The fourth-order valence-corrected chi connectivity index (χ4v) is 12.7. The zero-order valence-electron chi connectivity index (χ0n) is 74.5. The van der Waals surface area contributed by atoms with Gasteiger partial charge < -0.3 is 102 Å². The Balaban J connectivity index is 0.000000193. The molecule has 714 valence electrons. The maximum atomic E-state index is 11.9. The summed E-state index contributed by atoms with van der Waals surface area (Å²) in [5, 5.41) is 39.3. The maximum absolute atomic E-state index is 11.9. The summed E-state index contributed by atoms with van der Waals surface area (Å²) in [7, 11) is 1.63. The van der Waals surface area contributed by atoms with Gasteiger partial charge in [-0.05, 0) is 208 Å². The number of nitrogens with zero attached hydrogens (tertiary/aromatic N) is 20. The molecule has 41 nitrogen and oxygen atoms in total. The highest BCUT2D eigenvalue weighted by Crippen LogP contribution is 2.38. The van der Waals surface area contributed by atoms with Crippen LogP contribution in [0, 0.1) is 20.2 Å². The standard InChI is InChI=1S/2C13H14N4.C12H14N4O.C12H14N4.C11H10F2N4O.C11H12N4O.2C10H9N5O2.3ClH/c1-9-8-10-4-2-3-5-11(10)17(9)12-6-7-15-13(14)16-12;14-13-15-8-7-12(16-13)17-9-3-5-10-4-1-2-6-11(10)17;1-2-17-10-5-3-9(4-6-10)15-11-7-8-14-12(13)16-11;1-2-9-3-5-10(6-4-9)15-11-7-8-14-12(13)16-11;12-10(13)18-8-3-1-7(2-4-8)16-9-5-6-15-11(14)17-9;1-16-9-4-2-3-8(7-9)14-10-5-6-13-11(12)15-10;11-10-12-6-5-9(14-10)13-7-1-3-8(4-2-7)15(16)17;11-10-12-5-4-9(14-10)13-7-2-1-3-8(6-7)15(16)17;;;/h2-7,9H,8H2,1H3,(H2,14,15,16);1-2,4,6-8H,3,5,9H2,(H2,14,15,16);3-8H,2H2,1H3,(H3,13,14,15,16);3-8H,2H2,1H3,(H3,13,14,15,16);1-6,10H,(H3,14,15,16,17);2-7H,1H3,(H3,12,13,14,15);2*1-6H,(H3,11,12,13,14);3*1H. The number of aryl methyl sites for hydroxylation is 2. The lowest BCUT2D eigenvalue weighted by Gasteiger charge is -2.30. The van der Waals surface area contributed by atoms with Crippen molar-refractivity contribution in [2.45, 2.75) is 59.1 Å². The number of benzene rings is 8. The molecule has 22 N–H and O–H groups in total. The molecule has 0 bridgehead atoms. The molecule has 138 heavy (non-hydrogen) atoms. The molecule has 0 spiro atoms. The summed E-state index contributed by atoms with van der Waals surface area (Å²) in [5.41, 5.74) is 55.3. The molecule has 0 amide bonds. The Morgan fingerprint density at radius 3 is 1.16 bits per heavy atom.